The number of unbranched alkanes of at least 4 members (excludes halogenated alkanes) is 37. The van der Waals surface area contributed by atoms with E-state index >= 15 is 0 Å². The summed E-state index contributed by atoms with van der Waals surface area (Å²) >= 11 is 0. The highest BCUT2D eigenvalue weighted by Gasteiger charge is 2.19. The third kappa shape index (κ3) is 59.9. The van der Waals surface area contributed by atoms with Gasteiger partial charge in [0.05, 0.1) is 0 Å². The molecule has 0 aliphatic carbocycles. The molecule has 0 amide bonds. The van der Waals surface area contributed by atoms with E-state index in [2.05, 4.69) is 81.5 Å². The average Bonchev–Trinajstić information content (AvgIpc) is 3.39. The number of rotatable bonds is 58. The van der Waals surface area contributed by atoms with Crippen molar-refractivity contribution in [1.82, 2.24) is 0 Å². The van der Waals surface area contributed by atoms with Crippen LogP contribution in [0.25, 0.3) is 0 Å². The van der Waals surface area contributed by atoms with Gasteiger partial charge in [-0.1, -0.05) is 274 Å². The monoisotopic (exact) mass is 1020 g/mol. The van der Waals surface area contributed by atoms with Gasteiger partial charge in [0.25, 0.3) is 0 Å². The zero-order chi connectivity index (χ0) is 52.9. The van der Waals surface area contributed by atoms with Crippen LogP contribution < -0.4 is 0 Å². The van der Waals surface area contributed by atoms with Crippen molar-refractivity contribution < 1.29 is 28.6 Å². The Morgan fingerprint density at radius 3 is 0.863 bits per heavy atom. The van der Waals surface area contributed by atoms with E-state index in [1.807, 2.05) is 0 Å². The Hall–Kier alpha value is -2.89. The van der Waals surface area contributed by atoms with Crippen LogP contribution in [0.4, 0.5) is 0 Å². The molecule has 6 heteroatoms. The lowest BCUT2D eigenvalue weighted by atomic mass is 10.0. The van der Waals surface area contributed by atoms with Gasteiger partial charge in [-0.05, 0) is 96.3 Å². The molecule has 0 radical (unpaired) electrons. The number of carbonyl (C=O) groups is 3. The Morgan fingerprint density at radius 2 is 0.534 bits per heavy atom. The van der Waals surface area contributed by atoms with Gasteiger partial charge >= 0.3 is 17.9 Å². The zero-order valence-electron chi connectivity index (χ0n) is 48.7. The molecule has 0 aromatic heterocycles. The van der Waals surface area contributed by atoms with E-state index in [1.54, 1.807) is 0 Å². The molecule has 0 spiro atoms. The summed E-state index contributed by atoms with van der Waals surface area (Å²) in [6, 6.07) is 0. The average molecular weight is 1020 g/mol. The molecule has 0 aliphatic rings. The molecule has 1 unspecified atom stereocenters. The van der Waals surface area contributed by atoms with Crippen molar-refractivity contribution in [2.75, 3.05) is 13.2 Å². The quantitative estimate of drug-likeness (QED) is 0.0261. The molecule has 0 fully saturated rings. The van der Waals surface area contributed by atoms with Gasteiger partial charge in [-0.2, -0.15) is 0 Å². The number of ether oxygens (including phenoxy) is 3. The van der Waals surface area contributed by atoms with E-state index in [9.17, 15) is 14.4 Å². The Morgan fingerprint density at radius 1 is 0.274 bits per heavy atom. The third-order valence-electron chi connectivity index (χ3n) is 13.9. The van der Waals surface area contributed by atoms with Crippen LogP contribution in [0.15, 0.2) is 60.8 Å². The van der Waals surface area contributed by atoms with Crippen molar-refractivity contribution in [3.63, 3.8) is 0 Å². The molecule has 0 aromatic rings. The second-order valence-corrected chi connectivity index (χ2v) is 21.3. The minimum Gasteiger partial charge on any atom is -0.462 e. The van der Waals surface area contributed by atoms with Crippen molar-refractivity contribution in [2.24, 2.45) is 0 Å². The summed E-state index contributed by atoms with van der Waals surface area (Å²) < 4.78 is 16.8. The van der Waals surface area contributed by atoms with Gasteiger partial charge in [0.1, 0.15) is 13.2 Å². The minimum absolute atomic E-state index is 0.0799. The van der Waals surface area contributed by atoms with Crippen LogP contribution in [0.5, 0.6) is 0 Å². The Bertz CT molecular complexity index is 1310. The van der Waals surface area contributed by atoms with E-state index < -0.39 is 6.10 Å². The van der Waals surface area contributed by atoms with Crippen LogP contribution in [0.3, 0.4) is 0 Å². The molecule has 424 valence electrons. The molecule has 0 rings (SSSR count). The predicted molar refractivity (Wildman–Crippen MR) is 316 cm³/mol. The number of hydrogen-bond donors (Lipinski definition) is 0. The standard InChI is InChI=1S/C67H120O6/c1-4-7-10-13-16-19-22-24-26-27-28-29-30-31-32-33-34-35-36-37-38-39-40-41-42-44-45-48-51-54-57-60-66(69)72-63-64(62-71-65(68)59-56-53-50-47-21-18-15-12-9-6-3)73-67(70)61-58-55-52-49-46-43-25-23-20-17-14-11-8-5-2/h12,14-15,17,22-25,27-28,64H,4-11,13,16,18-21,26,29-63H2,1-3H3/b15-12-,17-14-,24-22-,25-23-,28-27-. The van der Waals surface area contributed by atoms with Gasteiger partial charge in [-0.25, -0.2) is 0 Å². The smallest absolute Gasteiger partial charge is 0.306 e. The van der Waals surface area contributed by atoms with Gasteiger partial charge in [-0.15, -0.1) is 0 Å². The minimum atomic E-state index is -0.782. The first-order valence-corrected chi connectivity index (χ1v) is 31.8. The van der Waals surface area contributed by atoms with Crippen molar-refractivity contribution in [3.8, 4) is 0 Å². The fourth-order valence-electron chi connectivity index (χ4n) is 9.14. The molecular weight excluding hydrogens is 901 g/mol. The van der Waals surface area contributed by atoms with Crippen molar-refractivity contribution >= 4 is 17.9 Å². The second kappa shape index (κ2) is 61.7. The van der Waals surface area contributed by atoms with E-state index in [0.717, 1.165) is 103 Å². The maximum atomic E-state index is 12.8. The molecule has 6 nitrogen and oxygen atoms in total. The molecule has 73 heavy (non-hydrogen) atoms. The summed E-state index contributed by atoms with van der Waals surface area (Å²) in [5.41, 5.74) is 0. The molecule has 0 N–H and O–H groups in total. The molecule has 0 aromatic carbocycles. The Kier molecular flexibility index (Phi) is 59.2. The molecule has 0 aliphatic heterocycles. The number of hydrogen-bond acceptors (Lipinski definition) is 6. The summed E-state index contributed by atoms with van der Waals surface area (Å²) in [4.78, 5) is 38.1. The van der Waals surface area contributed by atoms with Crippen molar-refractivity contribution in [3.05, 3.63) is 60.8 Å². The maximum Gasteiger partial charge on any atom is 0.306 e. The SMILES string of the molecule is CCC/C=C\CCCCCCCC(=O)OCC(COC(=O)CCCCCCCCCCCCCCCCCCCCC/C=C\C/C=C\CCCCCCC)OC(=O)CCCCCCC/C=C\C/C=C\CCCC. The fraction of sp³-hybridized carbons (Fsp3) is 0.806. The summed E-state index contributed by atoms with van der Waals surface area (Å²) in [7, 11) is 0. The van der Waals surface area contributed by atoms with Gasteiger partial charge in [0.2, 0.25) is 0 Å². The van der Waals surface area contributed by atoms with E-state index in [1.165, 1.54) is 186 Å². The van der Waals surface area contributed by atoms with Crippen molar-refractivity contribution in [2.45, 2.75) is 335 Å². The third-order valence-corrected chi connectivity index (χ3v) is 13.9. The summed E-state index contributed by atoms with van der Waals surface area (Å²) in [5.74, 6) is -0.893. The van der Waals surface area contributed by atoms with Gasteiger partial charge in [0, 0.05) is 19.3 Å². The van der Waals surface area contributed by atoms with Crippen LogP contribution in [0.1, 0.15) is 329 Å². The molecule has 0 heterocycles. The predicted octanol–water partition coefficient (Wildman–Crippen LogP) is 21.6. The first-order valence-electron chi connectivity index (χ1n) is 31.8. The largest absolute Gasteiger partial charge is 0.462 e. The molecule has 0 saturated heterocycles. The van der Waals surface area contributed by atoms with Gasteiger partial charge < -0.3 is 14.2 Å². The van der Waals surface area contributed by atoms with Gasteiger partial charge in [0.15, 0.2) is 6.10 Å². The first-order chi connectivity index (χ1) is 36.0. The maximum absolute atomic E-state index is 12.8. The number of carbonyl (C=O) groups excluding carboxylic acids is 3. The summed E-state index contributed by atoms with van der Waals surface area (Å²) in [6.07, 6.45) is 78.2. The normalized spacial score (nSPS) is 12.4. The second-order valence-electron chi connectivity index (χ2n) is 21.3. The lowest BCUT2D eigenvalue weighted by Crippen LogP contribution is -2.30. The van der Waals surface area contributed by atoms with Crippen LogP contribution >= 0.6 is 0 Å². The van der Waals surface area contributed by atoms with Gasteiger partial charge in [-0.3, -0.25) is 14.4 Å². The van der Waals surface area contributed by atoms with Crippen LogP contribution in [-0.4, -0.2) is 37.2 Å². The number of allylic oxidation sites excluding steroid dienone is 10. The summed E-state index contributed by atoms with van der Waals surface area (Å²) in [5, 5.41) is 0. The Labute approximate surface area is 453 Å². The molecule has 1 atom stereocenters. The summed E-state index contributed by atoms with van der Waals surface area (Å²) in [6.45, 7) is 6.54. The lowest BCUT2D eigenvalue weighted by Gasteiger charge is -2.18. The van der Waals surface area contributed by atoms with Crippen molar-refractivity contribution in [1.29, 1.82) is 0 Å². The van der Waals surface area contributed by atoms with Crippen LogP contribution in [0, 0.1) is 0 Å². The highest BCUT2D eigenvalue weighted by molar-refractivity contribution is 5.71. The highest BCUT2D eigenvalue weighted by atomic mass is 16.6. The molecule has 0 bridgehead atoms. The van der Waals surface area contributed by atoms with E-state index in [4.69, 9.17) is 14.2 Å². The zero-order valence-corrected chi connectivity index (χ0v) is 48.7. The Balaban J connectivity index is 4.08. The van der Waals surface area contributed by atoms with Crippen LogP contribution in [-0.2, 0) is 28.6 Å². The lowest BCUT2D eigenvalue weighted by molar-refractivity contribution is -0.167. The van der Waals surface area contributed by atoms with E-state index in [0.29, 0.717) is 19.3 Å². The molecular formula is C67H120O6. The topological polar surface area (TPSA) is 78.9 Å². The fourth-order valence-corrected chi connectivity index (χ4v) is 9.14. The van der Waals surface area contributed by atoms with E-state index in [-0.39, 0.29) is 31.1 Å². The van der Waals surface area contributed by atoms with Crippen LogP contribution in [0.2, 0.25) is 0 Å². The number of esters is 3. The molecule has 0 saturated carbocycles. The highest BCUT2D eigenvalue weighted by Crippen LogP contribution is 2.17. The first kappa shape index (κ1) is 70.1.